The van der Waals surface area contributed by atoms with Gasteiger partial charge in [-0.25, -0.2) is 8.42 Å². The summed E-state index contributed by atoms with van der Waals surface area (Å²) in [6, 6.07) is 9.80. The molecule has 0 unspecified atom stereocenters. The van der Waals surface area contributed by atoms with Gasteiger partial charge in [-0.15, -0.1) is 0 Å². The molecule has 0 aliphatic rings. The van der Waals surface area contributed by atoms with Gasteiger partial charge >= 0.3 is 29.6 Å². The van der Waals surface area contributed by atoms with Crippen molar-refractivity contribution in [2.75, 3.05) is 0 Å². The van der Waals surface area contributed by atoms with Gasteiger partial charge in [0.1, 0.15) is 15.5 Å². The molecule has 2 aromatic rings. The molecule has 0 aromatic heterocycles. The average molecular weight is 287 g/mol. The molecule has 0 N–H and O–H groups in total. The van der Waals surface area contributed by atoms with E-state index in [4.69, 9.17) is 5.26 Å². The third-order valence-electron chi connectivity index (χ3n) is 2.26. The standard InChI is InChI=1S/C11H7NO3S2.Na/c12-7-16-11-9-4-2-1-3-8(9)5-6-10(11)17(13,14)15;/h1-6H,(H,13,14,15);/q;+1/p-1. The van der Waals surface area contributed by atoms with E-state index in [0.29, 0.717) is 17.1 Å². The molecule has 0 radical (unpaired) electrons. The van der Waals surface area contributed by atoms with Gasteiger partial charge in [0, 0.05) is 4.90 Å². The van der Waals surface area contributed by atoms with E-state index in [2.05, 4.69) is 0 Å². The molecule has 0 heterocycles. The summed E-state index contributed by atoms with van der Waals surface area (Å²) >= 11 is 0.685. The molecule has 4 nitrogen and oxygen atoms in total. The van der Waals surface area contributed by atoms with E-state index in [0.717, 1.165) is 5.39 Å². The maximum absolute atomic E-state index is 11.1. The molecule has 0 atom stereocenters. The Morgan fingerprint density at radius 3 is 2.44 bits per heavy atom. The summed E-state index contributed by atoms with van der Waals surface area (Å²) in [4.78, 5) is -0.150. The van der Waals surface area contributed by atoms with Crippen molar-refractivity contribution in [2.45, 2.75) is 9.79 Å². The van der Waals surface area contributed by atoms with Crippen LogP contribution in [0.2, 0.25) is 0 Å². The number of hydrogen-bond donors (Lipinski definition) is 0. The van der Waals surface area contributed by atoms with Crippen LogP contribution in [-0.4, -0.2) is 13.0 Å². The van der Waals surface area contributed by atoms with Gasteiger partial charge < -0.3 is 4.55 Å². The summed E-state index contributed by atoms with van der Waals surface area (Å²) in [7, 11) is -4.57. The van der Waals surface area contributed by atoms with Crippen molar-refractivity contribution in [2.24, 2.45) is 0 Å². The summed E-state index contributed by atoms with van der Waals surface area (Å²) in [5.41, 5.74) is 0. The molecular weight excluding hydrogens is 281 g/mol. The Kier molecular flexibility index (Phi) is 5.22. The van der Waals surface area contributed by atoms with Crippen LogP contribution in [0.3, 0.4) is 0 Å². The average Bonchev–Trinajstić information content (AvgIpc) is 2.28. The molecule has 0 spiro atoms. The molecule has 0 fully saturated rings. The Morgan fingerprint density at radius 1 is 1.17 bits per heavy atom. The first-order valence-electron chi connectivity index (χ1n) is 4.57. The van der Waals surface area contributed by atoms with E-state index in [9.17, 15) is 13.0 Å². The molecule has 2 rings (SSSR count). The summed E-state index contributed by atoms with van der Waals surface area (Å²) in [5.74, 6) is 0. The van der Waals surface area contributed by atoms with Crippen molar-refractivity contribution < 1.29 is 42.5 Å². The van der Waals surface area contributed by atoms with Crippen molar-refractivity contribution in [3.63, 3.8) is 0 Å². The third kappa shape index (κ3) is 3.06. The summed E-state index contributed by atoms with van der Waals surface area (Å²) in [6.45, 7) is 0. The topological polar surface area (TPSA) is 81.0 Å². The van der Waals surface area contributed by atoms with Crippen LogP contribution in [-0.2, 0) is 10.1 Å². The van der Waals surface area contributed by atoms with Gasteiger partial charge in [0.25, 0.3) is 0 Å². The smallest absolute Gasteiger partial charge is 0.744 e. The van der Waals surface area contributed by atoms with E-state index in [1.165, 1.54) is 6.07 Å². The second-order valence-corrected chi connectivity index (χ2v) is 5.40. The fourth-order valence-corrected chi connectivity index (χ4v) is 3.13. The molecule has 18 heavy (non-hydrogen) atoms. The zero-order valence-electron chi connectivity index (χ0n) is 9.45. The molecule has 7 heteroatoms. The SMILES string of the molecule is N#CSc1c(S(=O)(=O)[O-])ccc2ccccc12.[Na+]. The van der Waals surface area contributed by atoms with Crippen LogP contribution in [0.1, 0.15) is 0 Å². The molecule has 0 saturated heterocycles. The van der Waals surface area contributed by atoms with Crippen LogP contribution in [0.4, 0.5) is 0 Å². The maximum Gasteiger partial charge on any atom is 1.00 e. The zero-order chi connectivity index (χ0) is 12.5. The number of rotatable bonds is 2. The van der Waals surface area contributed by atoms with E-state index >= 15 is 0 Å². The van der Waals surface area contributed by atoms with Crippen molar-refractivity contribution in [3.05, 3.63) is 36.4 Å². The monoisotopic (exact) mass is 287 g/mol. The molecule has 86 valence electrons. The third-order valence-corrected chi connectivity index (χ3v) is 4.00. The number of nitriles is 1. The number of benzene rings is 2. The number of fused-ring (bicyclic) bond motifs is 1. The minimum Gasteiger partial charge on any atom is -0.744 e. The second-order valence-electron chi connectivity index (χ2n) is 3.26. The molecule has 0 aliphatic heterocycles. The van der Waals surface area contributed by atoms with Crippen molar-refractivity contribution in [1.29, 1.82) is 5.26 Å². The molecule has 0 bridgehead atoms. The van der Waals surface area contributed by atoms with Gasteiger partial charge in [-0.05, 0) is 28.6 Å². The first kappa shape index (κ1) is 15.5. The normalized spacial score (nSPS) is 10.7. The quantitative estimate of drug-likeness (QED) is 0.316. The summed E-state index contributed by atoms with van der Waals surface area (Å²) in [5, 5.41) is 11.9. The van der Waals surface area contributed by atoms with Crippen molar-refractivity contribution >= 4 is 32.7 Å². The fourth-order valence-electron chi connectivity index (χ4n) is 1.57. The fraction of sp³-hybridized carbons (Fsp3) is 0. The minimum absolute atomic E-state index is 0. The predicted molar refractivity (Wildman–Crippen MR) is 63.4 cm³/mol. The molecule has 2 aromatic carbocycles. The number of nitrogens with zero attached hydrogens (tertiary/aromatic N) is 1. The first-order valence-corrected chi connectivity index (χ1v) is 6.80. The zero-order valence-corrected chi connectivity index (χ0v) is 13.1. The van der Waals surface area contributed by atoms with Gasteiger partial charge in [-0.2, -0.15) is 5.26 Å². The first-order chi connectivity index (χ1) is 8.04. The van der Waals surface area contributed by atoms with E-state index in [1.807, 2.05) is 0 Å². The molecule has 0 amide bonds. The maximum atomic E-state index is 11.1. The number of hydrogen-bond acceptors (Lipinski definition) is 5. The largest absolute Gasteiger partial charge is 1.00 e. The van der Waals surface area contributed by atoms with Crippen LogP contribution >= 0.6 is 11.8 Å². The van der Waals surface area contributed by atoms with Crippen LogP contribution in [0.5, 0.6) is 0 Å². The van der Waals surface area contributed by atoms with Gasteiger partial charge in [0.05, 0.1) is 4.90 Å². The van der Waals surface area contributed by atoms with Crippen molar-refractivity contribution in [1.82, 2.24) is 0 Å². The summed E-state index contributed by atoms with van der Waals surface area (Å²) in [6.07, 6.45) is 0. The predicted octanol–water partition coefficient (Wildman–Crippen LogP) is -0.679. The summed E-state index contributed by atoms with van der Waals surface area (Å²) < 4.78 is 33.3. The van der Waals surface area contributed by atoms with Crippen LogP contribution in [0.25, 0.3) is 10.8 Å². The van der Waals surface area contributed by atoms with Crippen molar-refractivity contribution in [3.8, 4) is 5.40 Å². The van der Waals surface area contributed by atoms with E-state index in [1.54, 1.807) is 35.7 Å². The van der Waals surface area contributed by atoms with Crippen LogP contribution in [0, 0.1) is 10.7 Å². The van der Waals surface area contributed by atoms with Crippen LogP contribution < -0.4 is 29.6 Å². The van der Waals surface area contributed by atoms with E-state index < -0.39 is 10.1 Å². The number of thiocyanates is 1. The van der Waals surface area contributed by atoms with Gasteiger partial charge in [-0.3, -0.25) is 0 Å². The Balaban J connectivity index is 0.00000162. The Morgan fingerprint density at radius 2 is 1.83 bits per heavy atom. The Hall–Kier alpha value is -0.550. The minimum atomic E-state index is -4.57. The molecular formula is C11H6NNaO3S2. The molecule has 0 aliphatic carbocycles. The van der Waals surface area contributed by atoms with Gasteiger partial charge in [0.15, 0.2) is 0 Å². The Bertz CT molecular complexity index is 723. The number of thioether (sulfide) groups is 1. The van der Waals surface area contributed by atoms with Crippen LogP contribution in [0.15, 0.2) is 46.2 Å². The second kappa shape index (κ2) is 6.06. The molecule has 0 saturated carbocycles. The Labute approximate surface area is 131 Å². The van der Waals surface area contributed by atoms with Gasteiger partial charge in [-0.1, -0.05) is 30.3 Å². The van der Waals surface area contributed by atoms with Gasteiger partial charge in [0.2, 0.25) is 0 Å². The van der Waals surface area contributed by atoms with E-state index in [-0.39, 0.29) is 39.3 Å².